The minimum atomic E-state index is -1.47. The monoisotopic (exact) mass is 530 g/mol. The summed E-state index contributed by atoms with van der Waals surface area (Å²) in [5.74, 6) is -0.460. The lowest BCUT2D eigenvalue weighted by Crippen LogP contribution is -2.36. The minimum Gasteiger partial charge on any atom is -0.386 e. The molecular weight excluding hydrogens is 503 g/mol. The van der Waals surface area contributed by atoms with Crippen molar-refractivity contribution in [1.29, 1.82) is 0 Å². The van der Waals surface area contributed by atoms with E-state index in [0.717, 1.165) is 31.8 Å². The topological polar surface area (TPSA) is 62.2 Å². The average Bonchev–Trinajstić information content (AvgIpc) is 3.21. The Bertz CT molecular complexity index is 1390. The second-order valence-electron chi connectivity index (χ2n) is 9.93. The zero-order chi connectivity index (χ0) is 25.5. The lowest BCUT2D eigenvalue weighted by Gasteiger charge is -2.25. The molecule has 2 aromatic heterocycles. The van der Waals surface area contributed by atoms with Crippen LogP contribution < -0.4 is 4.72 Å². The number of nitrogens with zero attached hydrogens (tertiary/aromatic N) is 1. The van der Waals surface area contributed by atoms with Crippen molar-refractivity contribution in [3.63, 3.8) is 0 Å². The third-order valence-electron chi connectivity index (χ3n) is 5.66. The molecule has 0 radical (unpaired) electrons. The van der Waals surface area contributed by atoms with Crippen LogP contribution in [0.3, 0.4) is 0 Å². The second kappa shape index (κ2) is 9.71. The number of halogens is 2. The minimum absolute atomic E-state index is 0.266. The van der Waals surface area contributed by atoms with Gasteiger partial charge in [-0.25, -0.2) is 13.3 Å². The molecule has 35 heavy (non-hydrogen) atoms. The molecule has 2 N–H and O–H groups in total. The van der Waals surface area contributed by atoms with Crippen LogP contribution in [0.2, 0.25) is 5.02 Å². The van der Waals surface area contributed by atoms with Gasteiger partial charge in [0.05, 0.1) is 33.1 Å². The quantitative estimate of drug-likeness (QED) is 0.279. The molecule has 4 nitrogen and oxygen atoms in total. The fourth-order valence-corrected chi connectivity index (χ4v) is 6.12. The third kappa shape index (κ3) is 5.49. The van der Waals surface area contributed by atoms with Crippen molar-refractivity contribution >= 4 is 44.0 Å². The Balaban J connectivity index is 1.88. The molecule has 184 valence electrons. The first kappa shape index (κ1) is 25.9. The van der Waals surface area contributed by atoms with Crippen molar-refractivity contribution in [1.82, 2.24) is 9.71 Å². The van der Waals surface area contributed by atoms with Gasteiger partial charge >= 0.3 is 0 Å². The summed E-state index contributed by atoms with van der Waals surface area (Å²) in [4.78, 5) is 5.33. The van der Waals surface area contributed by atoms with Gasteiger partial charge in [-0.2, -0.15) is 0 Å². The van der Waals surface area contributed by atoms with Gasteiger partial charge in [0.15, 0.2) is 0 Å². The van der Waals surface area contributed by atoms with Crippen LogP contribution in [0.5, 0.6) is 0 Å². The Kier molecular flexibility index (Phi) is 7.19. The molecule has 0 fully saturated rings. The summed E-state index contributed by atoms with van der Waals surface area (Å²) in [6.07, 6.45) is 1.69. The summed E-state index contributed by atoms with van der Waals surface area (Å²) in [6, 6.07) is 15.4. The van der Waals surface area contributed by atoms with E-state index in [9.17, 15) is 9.32 Å². The summed E-state index contributed by atoms with van der Waals surface area (Å²) in [6.45, 7) is 9.06. The number of pyridine rings is 1. The van der Waals surface area contributed by atoms with Crippen LogP contribution in [-0.2, 0) is 16.6 Å². The predicted octanol–water partition coefficient (Wildman–Crippen LogP) is 7.12. The Morgan fingerprint density at radius 3 is 2.46 bits per heavy atom. The summed E-state index contributed by atoms with van der Waals surface area (Å²) >= 11 is 7.93. The van der Waals surface area contributed by atoms with E-state index in [-0.39, 0.29) is 10.6 Å². The van der Waals surface area contributed by atoms with Gasteiger partial charge in [0.2, 0.25) is 0 Å². The Labute approximate surface area is 216 Å². The second-order valence-corrected chi connectivity index (χ2v) is 13.4. The zero-order valence-electron chi connectivity index (χ0n) is 20.2. The van der Waals surface area contributed by atoms with Gasteiger partial charge in [0.25, 0.3) is 0 Å². The van der Waals surface area contributed by atoms with E-state index in [1.807, 2.05) is 51.1 Å². The Morgan fingerprint density at radius 1 is 1.09 bits per heavy atom. The van der Waals surface area contributed by atoms with Crippen molar-refractivity contribution in [2.24, 2.45) is 0 Å². The van der Waals surface area contributed by atoms with Crippen LogP contribution in [0.25, 0.3) is 21.3 Å². The smallest absolute Gasteiger partial charge is 0.129 e. The number of fused-ring (bicyclic) bond motifs is 1. The van der Waals surface area contributed by atoms with Gasteiger partial charge < -0.3 is 5.11 Å². The molecule has 4 aromatic rings. The number of aromatic nitrogens is 1. The number of benzene rings is 2. The summed E-state index contributed by atoms with van der Waals surface area (Å²) < 4.78 is 31.7. The predicted molar refractivity (Wildman–Crippen MR) is 145 cm³/mol. The van der Waals surface area contributed by atoms with E-state index in [0.29, 0.717) is 0 Å². The largest absolute Gasteiger partial charge is 0.386 e. The number of rotatable bonds is 6. The number of aliphatic hydroxyl groups is 1. The maximum atomic E-state index is 15.0. The third-order valence-corrected chi connectivity index (χ3v) is 8.80. The van der Waals surface area contributed by atoms with Crippen LogP contribution in [0.4, 0.5) is 4.39 Å². The molecule has 2 atom stereocenters. The molecule has 8 heteroatoms. The van der Waals surface area contributed by atoms with E-state index in [2.05, 4.69) is 9.71 Å². The van der Waals surface area contributed by atoms with Crippen LogP contribution in [-0.4, -0.2) is 19.0 Å². The lowest BCUT2D eigenvalue weighted by molar-refractivity contribution is 0.0785. The molecule has 0 aliphatic rings. The molecule has 4 rings (SSSR count). The van der Waals surface area contributed by atoms with Crippen molar-refractivity contribution < 1.29 is 13.7 Å². The van der Waals surface area contributed by atoms with Crippen molar-refractivity contribution in [2.75, 3.05) is 0 Å². The molecule has 0 aliphatic heterocycles. The van der Waals surface area contributed by atoms with Gasteiger partial charge in [-0.3, -0.25) is 4.98 Å². The Hall–Kier alpha value is -2.16. The van der Waals surface area contributed by atoms with Crippen LogP contribution in [0.15, 0.2) is 60.8 Å². The standard InChI is InChI=1S/C27H28ClFN2O2S2/c1-26(2,3)35(33)31-24(23-19(28)10-7-11-20(23)29)22-14-16-8-6-9-18(25(16)34-22)21-15-17(12-13-30-21)27(4,5)32/h6-15,24,31-32H,1-5H3/t24-,35-/m0/s1. The maximum Gasteiger partial charge on any atom is 0.129 e. The van der Waals surface area contributed by atoms with E-state index in [4.69, 9.17) is 11.6 Å². The van der Waals surface area contributed by atoms with Crippen molar-refractivity contribution in [3.05, 3.63) is 87.6 Å². The average molecular weight is 531 g/mol. The van der Waals surface area contributed by atoms with Crippen LogP contribution >= 0.6 is 22.9 Å². The highest BCUT2D eigenvalue weighted by molar-refractivity contribution is 7.84. The number of hydrogen-bond donors (Lipinski definition) is 2. The fraction of sp³-hybridized carbons (Fsp3) is 0.296. The van der Waals surface area contributed by atoms with Crippen LogP contribution in [0.1, 0.15) is 56.7 Å². The molecule has 0 spiro atoms. The van der Waals surface area contributed by atoms with Crippen molar-refractivity contribution in [2.45, 2.75) is 51.0 Å². The van der Waals surface area contributed by atoms with Gasteiger partial charge in [0, 0.05) is 31.9 Å². The number of hydrogen-bond acceptors (Lipinski definition) is 4. The SMILES string of the molecule is CC(C)(O)c1ccnc(-c2cccc3cc([C@H](N[S@@](=O)C(C)(C)C)c4c(F)cccc4Cl)sc23)c1. The van der Waals surface area contributed by atoms with E-state index >= 15 is 4.39 Å². The normalized spacial score (nSPS) is 14.3. The highest BCUT2D eigenvalue weighted by atomic mass is 35.5. The number of nitrogens with one attached hydrogen (secondary N) is 1. The van der Waals surface area contributed by atoms with Gasteiger partial charge in [-0.05, 0) is 75.9 Å². The van der Waals surface area contributed by atoms with E-state index in [1.54, 1.807) is 38.2 Å². The molecule has 2 heterocycles. The molecule has 2 aromatic carbocycles. The lowest BCUT2D eigenvalue weighted by atomic mass is 9.97. The van der Waals surface area contributed by atoms with E-state index < -0.39 is 33.2 Å². The maximum absolute atomic E-state index is 15.0. The molecular formula is C27H28ClFN2O2S2. The van der Waals surface area contributed by atoms with Gasteiger partial charge in [-0.15, -0.1) is 11.3 Å². The highest BCUT2D eigenvalue weighted by Crippen LogP contribution is 2.41. The van der Waals surface area contributed by atoms with Gasteiger partial charge in [-0.1, -0.05) is 35.9 Å². The van der Waals surface area contributed by atoms with E-state index in [1.165, 1.54) is 17.4 Å². The molecule has 0 unspecified atom stereocenters. The molecule has 0 saturated carbocycles. The van der Waals surface area contributed by atoms with Crippen LogP contribution in [0, 0.1) is 5.82 Å². The first-order valence-electron chi connectivity index (χ1n) is 11.2. The molecule has 0 bridgehead atoms. The highest BCUT2D eigenvalue weighted by Gasteiger charge is 2.29. The number of thiophene rings is 1. The molecule has 0 aliphatic carbocycles. The first-order chi connectivity index (χ1) is 16.4. The van der Waals surface area contributed by atoms with Gasteiger partial charge in [0.1, 0.15) is 5.82 Å². The fourth-order valence-electron chi connectivity index (χ4n) is 3.71. The Morgan fingerprint density at radius 2 is 1.80 bits per heavy atom. The summed E-state index contributed by atoms with van der Waals surface area (Å²) in [5.41, 5.74) is 1.66. The first-order valence-corrected chi connectivity index (χ1v) is 13.5. The summed E-state index contributed by atoms with van der Waals surface area (Å²) in [5, 5.41) is 11.7. The zero-order valence-corrected chi connectivity index (χ0v) is 22.6. The molecule has 0 saturated heterocycles. The molecule has 0 amide bonds. The van der Waals surface area contributed by atoms with Crippen molar-refractivity contribution in [3.8, 4) is 11.3 Å². The summed E-state index contributed by atoms with van der Waals surface area (Å²) in [7, 11) is -1.47.